The fourth-order valence-electron chi connectivity index (χ4n) is 2.49. The van der Waals surface area contributed by atoms with Gasteiger partial charge in [0.15, 0.2) is 0 Å². The Bertz CT molecular complexity index is 913. The van der Waals surface area contributed by atoms with Crippen molar-refractivity contribution < 1.29 is 27.1 Å². The molecule has 2 aromatic carbocycles. The molecule has 0 bridgehead atoms. The van der Waals surface area contributed by atoms with Crippen molar-refractivity contribution in [3.63, 3.8) is 0 Å². The molecule has 0 unspecified atom stereocenters. The van der Waals surface area contributed by atoms with E-state index in [0.717, 1.165) is 18.4 Å². The lowest BCUT2D eigenvalue weighted by Gasteiger charge is -2.06. The number of aldehydes is 1. The Balaban J connectivity index is 1.64. The number of carbonyl (C=O) groups excluding carboxylic acids is 1. The minimum absolute atomic E-state index is 0.270. The van der Waals surface area contributed by atoms with E-state index in [2.05, 4.69) is 4.98 Å². The van der Waals surface area contributed by atoms with Gasteiger partial charge in [-0.3, -0.25) is 4.79 Å². The van der Waals surface area contributed by atoms with Crippen molar-refractivity contribution in [2.24, 2.45) is 0 Å². The number of rotatable bonds is 6. The molecule has 0 saturated carbocycles. The summed E-state index contributed by atoms with van der Waals surface area (Å²) in [7, 11) is 0. The van der Waals surface area contributed by atoms with E-state index in [1.165, 1.54) is 12.1 Å². The van der Waals surface area contributed by atoms with Gasteiger partial charge in [-0.05, 0) is 55.5 Å². The van der Waals surface area contributed by atoms with E-state index in [1.807, 2.05) is 0 Å². The monoisotopic (exact) mass is 375 g/mol. The highest BCUT2D eigenvalue weighted by molar-refractivity contribution is 5.74. The van der Waals surface area contributed by atoms with Gasteiger partial charge in [0.05, 0.1) is 17.9 Å². The van der Waals surface area contributed by atoms with Crippen molar-refractivity contribution >= 4 is 6.29 Å². The van der Waals surface area contributed by atoms with Gasteiger partial charge in [-0.15, -0.1) is 0 Å². The number of ether oxygens (including phenoxy) is 1. The molecule has 0 aliphatic rings. The van der Waals surface area contributed by atoms with Gasteiger partial charge in [0.25, 0.3) is 0 Å². The zero-order valence-electron chi connectivity index (χ0n) is 14.4. The summed E-state index contributed by atoms with van der Waals surface area (Å²) in [4.78, 5) is 15.0. The average Bonchev–Trinajstić information content (AvgIpc) is 3.02. The first kappa shape index (κ1) is 18.7. The van der Waals surface area contributed by atoms with Gasteiger partial charge in [0.2, 0.25) is 5.89 Å². The maximum absolute atomic E-state index is 12.6. The van der Waals surface area contributed by atoms with Crippen LogP contribution in [0.25, 0.3) is 11.5 Å². The molecule has 0 aliphatic heterocycles. The van der Waals surface area contributed by atoms with Gasteiger partial charge in [0.1, 0.15) is 17.8 Å². The number of halogens is 3. The fourth-order valence-corrected chi connectivity index (χ4v) is 2.49. The molecule has 0 atom stereocenters. The Labute approximate surface area is 153 Å². The number of aromatic nitrogens is 1. The van der Waals surface area contributed by atoms with E-state index in [0.29, 0.717) is 41.4 Å². The third-order valence-electron chi connectivity index (χ3n) is 3.98. The van der Waals surface area contributed by atoms with Gasteiger partial charge in [-0.2, -0.15) is 13.2 Å². The van der Waals surface area contributed by atoms with Crippen molar-refractivity contribution in [3.8, 4) is 17.2 Å². The summed E-state index contributed by atoms with van der Waals surface area (Å²) in [6.07, 6.45) is -3.14. The van der Waals surface area contributed by atoms with Crippen LogP contribution < -0.4 is 4.74 Å². The largest absolute Gasteiger partial charge is 0.493 e. The number of alkyl halides is 3. The lowest BCUT2D eigenvalue weighted by atomic mass is 10.1. The second kappa shape index (κ2) is 7.65. The summed E-state index contributed by atoms with van der Waals surface area (Å²) in [5.41, 5.74) is 0.997. The van der Waals surface area contributed by atoms with Crippen molar-refractivity contribution in [1.29, 1.82) is 0 Å². The second-order valence-electron chi connectivity index (χ2n) is 5.88. The number of carbonyl (C=O) groups is 1. The minimum Gasteiger partial charge on any atom is -0.493 e. The van der Waals surface area contributed by atoms with Crippen LogP contribution in [0.5, 0.6) is 5.75 Å². The Morgan fingerprint density at radius 3 is 2.33 bits per heavy atom. The molecule has 4 nitrogen and oxygen atoms in total. The van der Waals surface area contributed by atoms with Gasteiger partial charge in [-0.1, -0.05) is 0 Å². The maximum Gasteiger partial charge on any atom is 0.416 e. The Hall–Kier alpha value is -3.09. The molecular weight excluding hydrogens is 359 g/mol. The Morgan fingerprint density at radius 2 is 1.74 bits per heavy atom. The normalized spacial score (nSPS) is 11.4. The molecule has 7 heteroatoms. The fraction of sp³-hybridized carbons (Fsp3) is 0.200. The number of aryl methyl sites for hydroxylation is 1. The number of hydrogen-bond acceptors (Lipinski definition) is 4. The van der Waals surface area contributed by atoms with Crippen LogP contribution >= 0.6 is 0 Å². The number of hydrogen-bond donors (Lipinski definition) is 0. The summed E-state index contributed by atoms with van der Waals surface area (Å²) >= 11 is 0. The van der Waals surface area contributed by atoms with Gasteiger partial charge >= 0.3 is 6.18 Å². The number of oxazole rings is 1. The summed E-state index contributed by atoms with van der Waals surface area (Å²) in [5.74, 6) is 1.49. The van der Waals surface area contributed by atoms with Crippen molar-refractivity contribution in [3.05, 3.63) is 71.1 Å². The molecule has 0 aliphatic carbocycles. The first-order chi connectivity index (χ1) is 12.9. The van der Waals surface area contributed by atoms with E-state index in [-0.39, 0.29) is 5.89 Å². The number of benzene rings is 2. The van der Waals surface area contributed by atoms with E-state index >= 15 is 0 Å². The lowest BCUT2D eigenvalue weighted by molar-refractivity contribution is -0.137. The predicted octanol–water partition coefficient (Wildman–Crippen LogP) is 5.10. The highest BCUT2D eigenvalue weighted by atomic mass is 19.4. The van der Waals surface area contributed by atoms with Gasteiger partial charge in [0, 0.05) is 17.5 Å². The molecule has 0 fully saturated rings. The molecule has 0 N–H and O–H groups in total. The van der Waals surface area contributed by atoms with E-state index in [9.17, 15) is 18.0 Å². The summed E-state index contributed by atoms with van der Waals surface area (Å²) in [6, 6.07) is 11.4. The zero-order valence-corrected chi connectivity index (χ0v) is 14.4. The van der Waals surface area contributed by atoms with E-state index in [4.69, 9.17) is 9.15 Å². The van der Waals surface area contributed by atoms with Crippen LogP contribution in [0.15, 0.2) is 52.9 Å². The van der Waals surface area contributed by atoms with Crippen LogP contribution in [-0.4, -0.2) is 17.9 Å². The van der Waals surface area contributed by atoms with Crippen molar-refractivity contribution in [2.45, 2.75) is 19.5 Å². The molecule has 1 heterocycles. The van der Waals surface area contributed by atoms with Gasteiger partial charge < -0.3 is 9.15 Å². The zero-order chi connectivity index (χ0) is 19.4. The third-order valence-corrected chi connectivity index (χ3v) is 3.98. The molecular formula is C20H16F3NO3. The smallest absolute Gasteiger partial charge is 0.416 e. The van der Waals surface area contributed by atoms with Crippen LogP contribution in [0.4, 0.5) is 13.2 Å². The summed E-state index contributed by atoms with van der Waals surface area (Å²) < 4.78 is 49.1. The highest BCUT2D eigenvalue weighted by Crippen LogP contribution is 2.31. The summed E-state index contributed by atoms with van der Waals surface area (Å²) in [5, 5.41) is 0. The predicted molar refractivity (Wildman–Crippen MR) is 92.7 cm³/mol. The minimum atomic E-state index is -4.38. The average molecular weight is 375 g/mol. The first-order valence-electron chi connectivity index (χ1n) is 8.19. The highest BCUT2D eigenvalue weighted by Gasteiger charge is 2.30. The lowest BCUT2D eigenvalue weighted by Crippen LogP contribution is -2.04. The molecule has 3 rings (SSSR count). The van der Waals surface area contributed by atoms with Gasteiger partial charge in [-0.25, -0.2) is 4.98 Å². The van der Waals surface area contributed by atoms with Crippen LogP contribution in [0, 0.1) is 6.92 Å². The SMILES string of the molecule is Cc1oc(-c2ccc(C(F)(F)F)cc2)nc1CCOc1ccc(C=O)cc1. The Morgan fingerprint density at radius 1 is 1.07 bits per heavy atom. The van der Waals surface area contributed by atoms with Crippen LogP contribution in [-0.2, 0) is 12.6 Å². The van der Waals surface area contributed by atoms with Crippen molar-refractivity contribution in [1.82, 2.24) is 4.98 Å². The number of nitrogens with zero attached hydrogens (tertiary/aromatic N) is 1. The molecule has 3 aromatic rings. The molecule has 1 aromatic heterocycles. The van der Waals surface area contributed by atoms with E-state index < -0.39 is 11.7 Å². The molecule has 140 valence electrons. The van der Waals surface area contributed by atoms with Crippen LogP contribution in [0.2, 0.25) is 0 Å². The standard InChI is InChI=1S/C20H16F3NO3/c1-13-18(10-11-26-17-8-2-14(12-25)3-9-17)24-19(27-13)15-4-6-16(7-5-15)20(21,22)23/h2-9,12H,10-11H2,1H3. The molecule has 27 heavy (non-hydrogen) atoms. The molecule has 0 spiro atoms. The molecule has 0 saturated heterocycles. The van der Waals surface area contributed by atoms with E-state index in [1.54, 1.807) is 31.2 Å². The first-order valence-corrected chi connectivity index (χ1v) is 8.19. The van der Waals surface area contributed by atoms with Crippen LogP contribution in [0.3, 0.4) is 0 Å². The Kier molecular flexibility index (Phi) is 5.30. The topological polar surface area (TPSA) is 52.3 Å². The molecule has 0 radical (unpaired) electrons. The maximum atomic E-state index is 12.6. The summed E-state index contributed by atoms with van der Waals surface area (Å²) in [6.45, 7) is 2.09. The third kappa shape index (κ3) is 4.55. The van der Waals surface area contributed by atoms with Crippen molar-refractivity contribution in [2.75, 3.05) is 6.61 Å². The quantitative estimate of drug-likeness (QED) is 0.562. The second-order valence-corrected chi connectivity index (χ2v) is 5.88. The molecule has 0 amide bonds. The van der Waals surface area contributed by atoms with Crippen LogP contribution in [0.1, 0.15) is 27.4 Å².